The molecule has 0 aromatic heterocycles. The number of benzene rings is 1. The smallest absolute Gasteiger partial charge is 0.243 e. The molecule has 1 aromatic carbocycles. The predicted molar refractivity (Wildman–Crippen MR) is 81.3 cm³/mol. The monoisotopic (exact) mass is 313 g/mol. The summed E-state index contributed by atoms with van der Waals surface area (Å²) in [7, 11) is -1.95. The van der Waals surface area contributed by atoms with E-state index in [1.807, 2.05) is 13.8 Å². The molecule has 2 rings (SSSR count). The first-order valence-electron chi connectivity index (χ1n) is 6.97. The van der Waals surface area contributed by atoms with Crippen molar-refractivity contribution in [1.29, 1.82) is 0 Å². The van der Waals surface area contributed by atoms with Gasteiger partial charge in [-0.3, -0.25) is 0 Å². The number of ether oxygens (including phenoxy) is 2. The van der Waals surface area contributed by atoms with E-state index in [0.717, 1.165) is 0 Å². The minimum atomic E-state index is -3.52. The Kier molecular flexibility index (Phi) is 4.33. The normalized spacial score (nSPS) is 19.5. The van der Waals surface area contributed by atoms with Gasteiger partial charge >= 0.3 is 0 Å². The van der Waals surface area contributed by atoms with E-state index in [0.29, 0.717) is 41.5 Å². The zero-order valence-corrected chi connectivity index (χ0v) is 14.1. The molecule has 118 valence electrons. The van der Waals surface area contributed by atoms with Crippen LogP contribution in [0.25, 0.3) is 0 Å². The summed E-state index contributed by atoms with van der Waals surface area (Å²) in [5.41, 5.74) is 0.951. The van der Waals surface area contributed by atoms with E-state index in [1.54, 1.807) is 33.1 Å². The minimum absolute atomic E-state index is 0.361. The van der Waals surface area contributed by atoms with Crippen LogP contribution in [0.1, 0.15) is 25.0 Å². The van der Waals surface area contributed by atoms with Crippen molar-refractivity contribution in [3.8, 4) is 5.75 Å². The molecule has 0 spiro atoms. The summed E-state index contributed by atoms with van der Waals surface area (Å²) in [6.07, 6.45) is 0. The fraction of sp³-hybridized carbons (Fsp3) is 0.600. The molecule has 0 unspecified atom stereocenters. The average molecular weight is 313 g/mol. The van der Waals surface area contributed by atoms with Crippen LogP contribution in [0.5, 0.6) is 5.75 Å². The van der Waals surface area contributed by atoms with Gasteiger partial charge in [0.25, 0.3) is 0 Å². The van der Waals surface area contributed by atoms with Gasteiger partial charge in [0, 0.05) is 13.1 Å². The molecule has 0 atom stereocenters. The van der Waals surface area contributed by atoms with Gasteiger partial charge in [0.15, 0.2) is 0 Å². The molecule has 1 aliphatic heterocycles. The van der Waals surface area contributed by atoms with E-state index >= 15 is 0 Å². The van der Waals surface area contributed by atoms with Gasteiger partial charge in [-0.25, -0.2) is 8.42 Å². The molecule has 1 saturated heterocycles. The molecule has 6 heteroatoms. The Bertz CT molecular complexity index is 614. The Balaban J connectivity index is 2.45. The molecule has 1 fully saturated rings. The maximum absolute atomic E-state index is 12.9. The summed E-state index contributed by atoms with van der Waals surface area (Å²) in [6.45, 7) is 8.57. The average Bonchev–Trinajstić information content (AvgIpc) is 2.36. The van der Waals surface area contributed by atoms with Crippen LogP contribution in [0.3, 0.4) is 0 Å². The zero-order chi connectivity index (χ0) is 15.8. The van der Waals surface area contributed by atoms with Crippen molar-refractivity contribution in [1.82, 2.24) is 4.31 Å². The van der Waals surface area contributed by atoms with E-state index in [2.05, 4.69) is 0 Å². The van der Waals surface area contributed by atoms with Gasteiger partial charge in [-0.05, 0) is 51.0 Å². The van der Waals surface area contributed by atoms with Crippen LogP contribution in [0.2, 0.25) is 0 Å². The van der Waals surface area contributed by atoms with E-state index < -0.39 is 15.6 Å². The number of sulfonamides is 1. The molecule has 1 aliphatic rings. The first-order chi connectivity index (χ1) is 9.67. The SMILES string of the molecule is COc1cc(C)c(S(=O)(=O)N2CCOC(C)(C)C2)c(C)c1. The maximum Gasteiger partial charge on any atom is 0.243 e. The van der Waals surface area contributed by atoms with Crippen LogP contribution in [0.4, 0.5) is 0 Å². The third kappa shape index (κ3) is 3.22. The van der Waals surface area contributed by atoms with Crippen LogP contribution in [-0.4, -0.2) is 45.1 Å². The van der Waals surface area contributed by atoms with Crippen molar-refractivity contribution in [3.05, 3.63) is 23.3 Å². The molecular formula is C15H23NO4S. The Morgan fingerprint density at radius 3 is 2.29 bits per heavy atom. The fourth-order valence-electron chi connectivity index (χ4n) is 2.74. The molecule has 5 nitrogen and oxygen atoms in total. The van der Waals surface area contributed by atoms with Crippen LogP contribution >= 0.6 is 0 Å². The second-order valence-electron chi connectivity index (χ2n) is 6.04. The number of nitrogens with zero attached hydrogens (tertiary/aromatic N) is 1. The molecule has 21 heavy (non-hydrogen) atoms. The van der Waals surface area contributed by atoms with E-state index in [9.17, 15) is 8.42 Å². The Labute approximate surface area is 126 Å². The molecule has 0 aliphatic carbocycles. The summed E-state index contributed by atoms with van der Waals surface area (Å²) in [4.78, 5) is 0.376. The lowest BCUT2D eigenvalue weighted by molar-refractivity contribution is -0.0640. The topological polar surface area (TPSA) is 55.8 Å². The molecule has 0 radical (unpaired) electrons. The third-order valence-electron chi connectivity index (χ3n) is 3.66. The van der Waals surface area contributed by atoms with Crippen molar-refractivity contribution < 1.29 is 17.9 Å². The zero-order valence-electron chi connectivity index (χ0n) is 13.3. The highest BCUT2D eigenvalue weighted by atomic mass is 32.2. The molecule has 0 saturated carbocycles. The summed E-state index contributed by atoms with van der Waals surface area (Å²) in [6, 6.07) is 3.51. The molecule has 1 heterocycles. The van der Waals surface area contributed by atoms with Gasteiger partial charge in [0.1, 0.15) is 5.75 Å². The van der Waals surface area contributed by atoms with E-state index in [4.69, 9.17) is 9.47 Å². The second kappa shape index (κ2) is 5.59. The van der Waals surface area contributed by atoms with Gasteiger partial charge < -0.3 is 9.47 Å². The van der Waals surface area contributed by atoms with Crippen LogP contribution in [0.15, 0.2) is 17.0 Å². The second-order valence-corrected chi connectivity index (χ2v) is 7.91. The summed E-state index contributed by atoms with van der Waals surface area (Å²) < 4.78 is 38.2. The summed E-state index contributed by atoms with van der Waals surface area (Å²) in [5.74, 6) is 0.672. The lowest BCUT2D eigenvalue weighted by Crippen LogP contribution is -2.50. The van der Waals surface area contributed by atoms with Gasteiger partial charge in [0.05, 0.1) is 24.2 Å². The number of aryl methyl sites for hydroxylation is 2. The summed E-state index contributed by atoms with van der Waals surface area (Å²) >= 11 is 0. The highest BCUT2D eigenvalue weighted by molar-refractivity contribution is 7.89. The van der Waals surface area contributed by atoms with Crippen molar-refractivity contribution in [2.24, 2.45) is 0 Å². The molecular weight excluding hydrogens is 290 g/mol. The number of rotatable bonds is 3. The van der Waals surface area contributed by atoms with Gasteiger partial charge in [-0.1, -0.05) is 0 Å². The Morgan fingerprint density at radius 1 is 1.24 bits per heavy atom. The lowest BCUT2D eigenvalue weighted by atomic mass is 10.1. The Hall–Kier alpha value is -1.11. The van der Waals surface area contributed by atoms with Crippen molar-refractivity contribution in [3.63, 3.8) is 0 Å². The Morgan fingerprint density at radius 2 is 1.81 bits per heavy atom. The van der Waals surface area contributed by atoms with E-state index in [-0.39, 0.29) is 0 Å². The van der Waals surface area contributed by atoms with Crippen LogP contribution < -0.4 is 4.74 Å². The lowest BCUT2D eigenvalue weighted by Gasteiger charge is -2.37. The largest absolute Gasteiger partial charge is 0.497 e. The summed E-state index contributed by atoms with van der Waals surface area (Å²) in [5, 5.41) is 0. The number of hydrogen-bond donors (Lipinski definition) is 0. The first-order valence-corrected chi connectivity index (χ1v) is 8.41. The highest BCUT2D eigenvalue weighted by Gasteiger charge is 2.36. The predicted octanol–water partition coefficient (Wildman–Crippen LogP) is 2.11. The molecule has 0 bridgehead atoms. The van der Waals surface area contributed by atoms with Crippen molar-refractivity contribution in [2.45, 2.75) is 38.2 Å². The highest BCUT2D eigenvalue weighted by Crippen LogP contribution is 2.30. The van der Waals surface area contributed by atoms with Gasteiger partial charge in [0.2, 0.25) is 10.0 Å². The maximum atomic E-state index is 12.9. The van der Waals surface area contributed by atoms with Gasteiger partial charge in [-0.15, -0.1) is 0 Å². The molecule has 0 amide bonds. The molecule has 1 aromatic rings. The fourth-order valence-corrected chi connectivity index (χ4v) is 4.73. The minimum Gasteiger partial charge on any atom is -0.497 e. The number of morpholine rings is 1. The van der Waals surface area contributed by atoms with Crippen molar-refractivity contribution >= 4 is 10.0 Å². The third-order valence-corrected chi connectivity index (χ3v) is 5.81. The van der Waals surface area contributed by atoms with Gasteiger partial charge in [-0.2, -0.15) is 4.31 Å². The van der Waals surface area contributed by atoms with Crippen LogP contribution in [-0.2, 0) is 14.8 Å². The quantitative estimate of drug-likeness (QED) is 0.857. The molecule has 0 N–H and O–H groups in total. The van der Waals surface area contributed by atoms with E-state index in [1.165, 1.54) is 4.31 Å². The van der Waals surface area contributed by atoms with Crippen molar-refractivity contribution in [2.75, 3.05) is 26.8 Å². The number of methoxy groups -OCH3 is 1. The number of hydrogen-bond acceptors (Lipinski definition) is 4. The van der Waals surface area contributed by atoms with Crippen LogP contribution in [0, 0.1) is 13.8 Å². The standard InChI is InChI=1S/C15H23NO4S/c1-11-8-13(19-5)9-12(2)14(11)21(17,18)16-6-7-20-15(3,4)10-16/h8-9H,6-7,10H2,1-5H3. The first kappa shape index (κ1) is 16.3.